The number of unbranched alkanes of at least 4 members (excludes halogenated alkanes) is 10. The number of esters is 5. The van der Waals surface area contributed by atoms with Gasteiger partial charge in [-0.25, -0.2) is 0 Å². The monoisotopic (exact) mass is 1380 g/mol. The number of rotatable bonds is 44. The highest BCUT2D eigenvalue weighted by Crippen LogP contribution is 2.48. The molecule has 1 aliphatic heterocycles. The van der Waals surface area contributed by atoms with Crippen LogP contribution >= 0.6 is 71.5 Å². The molecular weight excluding hydrogens is 1250 g/mol. The zero-order valence-corrected chi connectivity index (χ0v) is 65.5. The zero-order chi connectivity index (χ0) is 69.7. The molecule has 1 heterocycles. The van der Waals surface area contributed by atoms with Gasteiger partial charge in [-0.05, 0) is 173 Å². The maximum atomic E-state index is 14.0. The van der Waals surface area contributed by atoms with Crippen LogP contribution in [0.5, 0.6) is 0 Å². The first-order valence-corrected chi connectivity index (χ1v) is 38.9. The molecule has 1 aliphatic rings. The number of thiocarbonyl (C=S) groups is 2. The Kier molecular flexibility index (Phi) is 52.3. The van der Waals surface area contributed by atoms with Crippen molar-refractivity contribution in [3.05, 3.63) is 0 Å². The van der Waals surface area contributed by atoms with E-state index in [1.165, 1.54) is 53.2 Å². The van der Waals surface area contributed by atoms with Crippen LogP contribution in [0.4, 0.5) is 0 Å². The number of hydrogen-bond acceptors (Lipinski definition) is 20. The molecule has 0 aromatic carbocycles. The summed E-state index contributed by atoms with van der Waals surface area (Å²) in [4.78, 5) is 77.7. The Labute approximate surface area is 578 Å². The fourth-order valence-corrected chi connectivity index (χ4v) is 14.8. The van der Waals surface area contributed by atoms with Crippen LogP contribution in [0, 0.1) is 39.9 Å². The first-order chi connectivity index (χ1) is 42.1. The topological polar surface area (TPSA) is 196 Å². The van der Waals surface area contributed by atoms with Crippen molar-refractivity contribution in [2.75, 3.05) is 64.5 Å². The van der Waals surface area contributed by atoms with Crippen molar-refractivity contribution in [1.82, 2.24) is 5.32 Å². The lowest BCUT2D eigenvalue weighted by atomic mass is 9.69. The number of nitrogens with one attached hydrogen (secondary N) is 1. The molecule has 7 unspecified atom stereocenters. The summed E-state index contributed by atoms with van der Waals surface area (Å²) in [5.41, 5.74) is 3.06. The first kappa shape index (κ1) is 92.7. The number of carbonyl (C=O) groups is 6. The number of thioether (sulfide) groups is 4. The van der Waals surface area contributed by atoms with Gasteiger partial charge in [-0.2, -0.15) is 11.8 Å². The lowest BCUT2D eigenvalue weighted by molar-refractivity contribution is -0.160. The molecule has 0 radical (unpaired) electrons. The number of hydrogen-bond donors (Lipinski definition) is 2. The summed E-state index contributed by atoms with van der Waals surface area (Å²) < 4.78 is 35.3. The van der Waals surface area contributed by atoms with Crippen LogP contribution in [-0.4, -0.2) is 130 Å². The smallest absolute Gasteiger partial charge is 0.326 e. The molecule has 0 saturated carbocycles. The van der Waals surface area contributed by atoms with Gasteiger partial charge in [0, 0.05) is 34.6 Å². The molecule has 1 saturated heterocycles. The number of methoxy groups -OCH3 is 1. The molecule has 0 bridgehead atoms. The predicted molar refractivity (Wildman–Crippen MR) is 394 cm³/mol. The number of ether oxygens (including phenoxy) is 6. The minimum absolute atomic E-state index is 0.110. The fourth-order valence-electron chi connectivity index (χ4n) is 9.70. The van der Waals surface area contributed by atoms with Gasteiger partial charge in [-0.3, -0.25) is 29.3 Å². The van der Waals surface area contributed by atoms with Gasteiger partial charge in [-0.15, -0.1) is 23.5 Å². The van der Waals surface area contributed by atoms with Gasteiger partial charge >= 0.3 is 29.8 Å². The molecule has 0 aromatic heterocycles. The van der Waals surface area contributed by atoms with E-state index in [0.29, 0.717) is 39.3 Å². The minimum Gasteiger partial charge on any atom is -0.465 e. The van der Waals surface area contributed by atoms with E-state index in [2.05, 4.69) is 46.2 Å². The van der Waals surface area contributed by atoms with E-state index >= 15 is 0 Å². The Morgan fingerprint density at radius 3 is 1.56 bits per heavy atom. The van der Waals surface area contributed by atoms with E-state index in [4.69, 9.17) is 58.6 Å². The van der Waals surface area contributed by atoms with Crippen LogP contribution in [0.1, 0.15) is 273 Å². The highest BCUT2D eigenvalue weighted by atomic mass is 32.2. The predicted octanol–water partition coefficient (Wildman–Crippen LogP) is 18.2. The first-order valence-electron chi connectivity index (χ1n) is 33.9. The zero-order valence-electron chi connectivity index (χ0n) is 60.6. The second kappa shape index (κ2) is 50.8. The van der Waals surface area contributed by atoms with E-state index in [1.807, 2.05) is 94.8 Å². The maximum Gasteiger partial charge on any atom is 0.326 e. The van der Waals surface area contributed by atoms with Gasteiger partial charge in [0.05, 0.1) is 61.1 Å². The molecule has 20 heteroatoms. The summed E-state index contributed by atoms with van der Waals surface area (Å²) in [5, 5.41) is 3.53. The number of aldehydes is 1. The molecule has 0 aliphatic carbocycles. The summed E-state index contributed by atoms with van der Waals surface area (Å²) >= 11 is 17.0. The fraction of sp³-hybridized carbons (Fsp3) is 0.886. The Hall–Kier alpha value is -1.52. The van der Waals surface area contributed by atoms with E-state index < -0.39 is 49.8 Å². The molecule has 90 heavy (non-hydrogen) atoms. The standard InChI is InChI=1S/C44H79NO9S3.C18H33NO3S2.C5H12S.C3H8/c1-13-15-26-51-35(46)33(42(8,9)57-39(55)56-30-16-14-2)31-43(10)34(36(47)52-27-22-18-17-21-25-50-12)32-44(11,45-43)38(49)54-29-24-20-19-23-28-53-37(48)41(6,7)40(3,4)5;1-6-8-10-22-16(21)15(18(5,19)24-13-23)11-17(3,4)14(12-20)9-7-2;1-3-4-5-6-2;1-3-2/h33-34,45H,13-32H2,1-12H3;12-15H,6-11,19H2,1-5H3;3-5H2,1-2H3;3H2,1-2H3. The second-order valence-corrected chi connectivity index (χ2v) is 34.3. The van der Waals surface area contributed by atoms with Crippen LogP contribution in [-0.2, 0) is 57.2 Å². The van der Waals surface area contributed by atoms with E-state index in [0.717, 1.165) is 112 Å². The van der Waals surface area contributed by atoms with Crippen molar-refractivity contribution in [3.8, 4) is 0 Å². The van der Waals surface area contributed by atoms with Crippen LogP contribution in [0.25, 0.3) is 0 Å². The Bertz CT molecular complexity index is 1980. The summed E-state index contributed by atoms with van der Waals surface area (Å²) in [7, 11) is 1.69. The number of nitrogens with two attached hydrogens (primary N) is 1. The largest absolute Gasteiger partial charge is 0.465 e. The second-order valence-electron chi connectivity index (χ2n) is 27.5. The van der Waals surface area contributed by atoms with Gasteiger partial charge in [0.1, 0.15) is 15.4 Å². The quantitative estimate of drug-likeness (QED) is 0.0146. The van der Waals surface area contributed by atoms with Crippen molar-refractivity contribution >= 4 is 116 Å². The van der Waals surface area contributed by atoms with Gasteiger partial charge in [-0.1, -0.05) is 164 Å². The van der Waals surface area contributed by atoms with E-state index in [1.54, 1.807) is 32.7 Å². The van der Waals surface area contributed by atoms with Crippen LogP contribution in [0.15, 0.2) is 0 Å². The van der Waals surface area contributed by atoms with Crippen molar-refractivity contribution in [2.24, 2.45) is 45.7 Å². The number of carbonyl (C=O) groups excluding carboxylic acids is 6. The van der Waals surface area contributed by atoms with Crippen molar-refractivity contribution in [2.45, 2.75) is 294 Å². The normalized spacial score (nSPS) is 18.3. The van der Waals surface area contributed by atoms with Gasteiger partial charge in [0.15, 0.2) is 0 Å². The Balaban J connectivity index is -0.00000188. The average Bonchev–Trinajstić information content (AvgIpc) is 1.60. The molecule has 7 atom stereocenters. The lowest BCUT2D eigenvalue weighted by Crippen LogP contribution is -2.56. The molecule has 0 spiro atoms. The third-order valence-electron chi connectivity index (χ3n) is 16.8. The molecule has 1 rings (SSSR count). The molecular formula is C70H132N2O12S6. The van der Waals surface area contributed by atoms with E-state index in [9.17, 15) is 28.8 Å². The summed E-state index contributed by atoms with van der Waals surface area (Å²) in [6.45, 7) is 40.5. The molecule has 1 fully saturated rings. The molecule has 0 amide bonds. The summed E-state index contributed by atoms with van der Waals surface area (Å²) in [6.07, 6.45) is 21.9. The minimum atomic E-state index is -1.19. The summed E-state index contributed by atoms with van der Waals surface area (Å²) in [5.74, 6) is -1.41. The molecule has 14 nitrogen and oxygen atoms in total. The average molecular weight is 1390 g/mol. The third kappa shape index (κ3) is 38.3. The van der Waals surface area contributed by atoms with Gasteiger partial charge < -0.3 is 38.9 Å². The third-order valence-corrected chi connectivity index (χ3v) is 21.6. The van der Waals surface area contributed by atoms with Crippen LogP contribution in [0.3, 0.4) is 0 Å². The SMILES string of the molecule is CCC.CCCCOC(=O)C(CC(C)(C)C(C=O)CCC)C(C)(N)SC=S.CCCCOC(=O)C(CC1(C)NC(C)(C(=O)OCCCCCCOC(=O)C(C)(C)C(C)(C)C)CC1C(=O)OCCCCCCOC)C(C)(C)SC(=S)SCCCC.CCCCSC. The Morgan fingerprint density at radius 1 is 0.644 bits per heavy atom. The molecule has 3 N–H and O–H groups in total. The van der Waals surface area contributed by atoms with Crippen LogP contribution in [0.2, 0.25) is 0 Å². The van der Waals surface area contributed by atoms with Crippen LogP contribution < -0.4 is 11.1 Å². The van der Waals surface area contributed by atoms with Gasteiger partial charge in [0.25, 0.3) is 0 Å². The summed E-state index contributed by atoms with van der Waals surface area (Å²) in [6, 6.07) is 0. The van der Waals surface area contributed by atoms with Crippen molar-refractivity contribution in [1.29, 1.82) is 0 Å². The Morgan fingerprint density at radius 2 is 1.11 bits per heavy atom. The molecule has 530 valence electrons. The van der Waals surface area contributed by atoms with Crippen molar-refractivity contribution < 1.29 is 57.2 Å². The van der Waals surface area contributed by atoms with Crippen molar-refractivity contribution in [3.63, 3.8) is 0 Å². The maximum absolute atomic E-state index is 14.0. The molecule has 0 aromatic rings. The lowest BCUT2D eigenvalue weighted by Gasteiger charge is -2.40. The highest BCUT2D eigenvalue weighted by molar-refractivity contribution is 8.47. The van der Waals surface area contributed by atoms with Gasteiger partial charge in [0.2, 0.25) is 0 Å². The highest BCUT2D eigenvalue weighted by Gasteiger charge is 2.59. The van der Waals surface area contributed by atoms with E-state index in [-0.39, 0.29) is 66.7 Å².